The standard InChI is InChI=1S/C11H17N3O2/c1-9(15)14-4-2-10(3-5-14)13-7-11-6-12-8-16-11/h6,8,10,13H,2-5,7H2,1H3. The van der Waals surface area contributed by atoms with Gasteiger partial charge in [-0.3, -0.25) is 4.79 Å². The Labute approximate surface area is 94.8 Å². The van der Waals surface area contributed by atoms with Crippen molar-refractivity contribution in [2.75, 3.05) is 13.1 Å². The van der Waals surface area contributed by atoms with Gasteiger partial charge in [-0.25, -0.2) is 4.98 Å². The molecule has 2 rings (SSSR count). The third-order valence-corrected chi connectivity index (χ3v) is 2.99. The summed E-state index contributed by atoms with van der Waals surface area (Å²) in [5, 5.41) is 3.41. The number of nitrogens with zero attached hydrogens (tertiary/aromatic N) is 2. The van der Waals surface area contributed by atoms with Crippen molar-refractivity contribution < 1.29 is 9.21 Å². The largest absolute Gasteiger partial charge is 0.447 e. The second kappa shape index (κ2) is 5.12. The average Bonchev–Trinajstić information content (AvgIpc) is 2.80. The average molecular weight is 223 g/mol. The van der Waals surface area contributed by atoms with Crippen LogP contribution in [-0.2, 0) is 11.3 Å². The zero-order valence-corrected chi connectivity index (χ0v) is 9.48. The molecule has 2 heterocycles. The van der Waals surface area contributed by atoms with Crippen molar-refractivity contribution in [3.05, 3.63) is 18.4 Å². The summed E-state index contributed by atoms with van der Waals surface area (Å²) in [6.07, 6.45) is 5.18. The summed E-state index contributed by atoms with van der Waals surface area (Å²) in [7, 11) is 0. The highest BCUT2D eigenvalue weighted by Crippen LogP contribution is 2.11. The van der Waals surface area contributed by atoms with Gasteiger partial charge in [-0.05, 0) is 12.8 Å². The molecule has 1 aromatic rings. The summed E-state index contributed by atoms with van der Waals surface area (Å²) in [6.45, 7) is 4.04. The third-order valence-electron chi connectivity index (χ3n) is 2.99. The van der Waals surface area contributed by atoms with Crippen LogP contribution in [-0.4, -0.2) is 34.9 Å². The number of piperidine rings is 1. The highest BCUT2D eigenvalue weighted by Gasteiger charge is 2.20. The molecule has 1 saturated heterocycles. The molecule has 5 heteroatoms. The van der Waals surface area contributed by atoms with Gasteiger partial charge in [-0.2, -0.15) is 0 Å². The van der Waals surface area contributed by atoms with Gasteiger partial charge in [0, 0.05) is 26.1 Å². The van der Waals surface area contributed by atoms with E-state index in [9.17, 15) is 4.79 Å². The predicted molar refractivity (Wildman–Crippen MR) is 58.6 cm³/mol. The van der Waals surface area contributed by atoms with E-state index in [-0.39, 0.29) is 5.91 Å². The van der Waals surface area contributed by atoms with Crippen molar-refractivity contribution in [1.82, 2.24) is 15.2 Å². The smallest absolute Gasteiger partial charge is 0.219 e. The van der Waals surface area contributed by atoms with Crippen LogP contribution in [0.5, 0.6) is 0 Å². The highest BCUT2D eigenvalue weighted by molar-refractivity contribution is 5.73. The van der Waals surface area contributed by atoms with Crippen LogP contribution in [0.1, 0.15) is 25.5 Å². The Morgan fingerprint density at radius 2 is 2.38 bits per heavy atom. The third kappa shape index (κ3) is 2.82. The van der Waals surface area contributed by atoms with E-state index >= 15 is 0 Å². The fourth-order valence-corrected chi connectivity index (χ4v) is 1.97. The van der Waals surface area contributed by atoms with Gasteiger partial charge in [0.15, 0.2) is 6.39 Å². The summed E-state index contributed by atoms with van der Waals surface area (Å²) in [5.74, 6) is 1.03. The quantitative estimate of drug-likeness (QED) is 0.822. The number of likely N-dealkylation sites (tertiary alicyclic amines) is 1. The topological polar surface area (TPSA) is 58.4 Å². The maximum atomic E-state index is 11.1. The van der Waals surface area contributed by atoms with Crippen molar-refractivity contribution in [2.45, 2.75) is 32.4 Å². The molecule has 1 amide bonds. The van der Waals surface area contributed by atoms with Crippen molar-refractivity contribution in [3.63, 3.8) is 0 Å². The maximum absolute atomic E-state index is 11.1. The molecular formula is C11H17N3O2. The molecule has 0 atom stereocenters. The van der Waals surface area contributed by atoms with E-state index < -0.39 is 0 Å². The molecule has 1 aliphatic rings. The molecule has 0 bridgehead atoms. The molecule has 1 aromatic heterocycles. The minimum atomic E-state index is 0.175. The molecule has 0 aliphatic carbocycles. The van der Waals surface area contributed by atoms with Gasteiger partial charge in [-0.15, -0.1) is 0 Å². The molecule has 16 heavy (non-hydrogen) atoms. The molecule has 0 spiro atoms. The fraction of sp³-hybridized carbons (Fsp3) is 0.636. The van der Waals surface area contributed by atoms with Gasteiger partial charge in [0.1, 0.15) is 5.76 Å². The van der Waals surface area contributed by atoms with Crippen molar-refractivity contribution in [2.24, 2.45) is 0 Å². The van der Waals surface area contributed by atoms with E-state index in [0.717, 1.165) is 31.7 Å². The molecule has 1 aliphatic heterocycles. The molecule has 1 N–H and O–H groups in total. The number of oxazole rings is 1. The van der Waals surface area contributed by atoms with Gasteiger partial charge in [-0.1, -0.05) is 0 Å². The van der Waals surface area contributed by atoms with Crippen LogP contribution in [0, 0.1) is 0 Å². The van der Waals surface area contributed by atoms with Crippen LogP contribution in [0.15, 0.2) is 17.0 Å². The second-order valence-corrected chi connectivity index (χ2v) is 4.13. The molecular weight excluding hydrogens is 206 g/mol. The van der Waals surface area contributed by atoms with Crippen LogP contribution < -0.4 is 5.32 Å². The Hall–Kier alpha value is -1.36. The SMILES string of the molecule is CC(=O)N1CCC(NCc2cnco2)CC1. The molecule has 88 valence electrons. The van der Waals surface area contributed by atoms with E-state index in [1.54, 1.807) is 13.1 Å². The van der Waals surface area contributed by atoms with Crippen LogP contribution in [0.2, 0.25) is 0 Å². The van der Waals surface area contributed by atoms with E-state index in [4.69, 9.17) is 4.42 Å². The van der Waals surface area contributed by atoms with Crippen molar-refractivity contribution in [1.29, 1.82) is 0 Å². The molecule has 0 saturated carbocycles. The van der Waals surface area contributed by atoms with Gasteiger partial charge >= 0.3 is 0 Å². The van der Waals surface area contributed by atoms with Gasteiger partial charge in [0.25, 0.3) is 0 Å². The first-order valence-electron chi connectivity index (χ1n) is 5.62. The lowest BCUT2D eigenvalue weighted by Crippen LogP contribution is -2.43. The summed E-state index contributed by atoms with van der Waals surface area (Å²) in [4.78, 5) is 16.9. The number of amides is 1. The maximum Gasteiger partial charge on any atom is 0.219 e. The van der Waals surface area contributed by atoms with Crippen LogP contribution in [0.3, 0.4) is 0 Å². The number of nitrogens with one attached hydrogen (secondary N) is 1. The lowest BCUT2D eigenvalue weighted by Gasteiger charge is -2.31. The lowest BCUT2D eigenvalue weighted by atomic mass is 10.1. The summed E-state index contributed by atoms with van der Waals surface area (Å²) >= 11 is 0. The Morgan fingerprint density at radius 1 is 1.62 bits per heavy atom. The Bertz CT molecular complexity index is 329. The van der Waals surface area contributed by atoms with E-state index in [1.165, 1.54) is 6.39 Å². The zero-order valence-electron chi connectivity index (χ0n) is 9.48. The number of carbonyl (C=O) groups is 1. The van der Waals surface area contributed by atoms with Crippen molar-refractivity contribution >= 4 is 5.91 Å². The van der Waals surface area contributed by atoms with Crippen molar-refractivity contribution in [3.8, 4) is 0 Å². The zero-order chi connectivity index (χ0) is 11.4. The summed E-state index contributed by atoms with van der Waals surface area (Å²) in [5.41, 5.74) is 0. The molecule has 0 unspecified atom stereocenters. The Balaban J connectivity index is 1.71. The van der Waals surface area contributed by atoms with Crippen LogP contribution in [0.4, 0.5) is 0 Å². The van der Waals surface area contributed by atoms with E-state index in [0.29, 0.717) is 12.6 Å². The molecule has 0 aromatic carbocycles. The number of carbonyl (C=O) groups excluding carboxylic acids is 1. The normalized spacial score (nSPS) is 17.7. The van der Waals surface area contributed by atoms with Crippen LogP contribution >= 0.6 is 0 Å². The molecule has 5 nitrogen and oxygen atoms in total. The lowest BCUT2D eigenvalue weighted by molar-refractivity contribution is -0.129. The minimum absolute atomic E-state index is 0.175. The molecule has 1 fully saturated rings. The minimum Gasteiger partial charge on any atom is -0.447 e. The molecule has 0 radical (unpaired) electrons. The monoisotopic (exact) mass is 223 g/mol. The van der Waals surface area contributed by atoms with Gasteiger partial charge in [0.05, 0.1) is 12.7 Å². The number of rotatable bonds is 3. The fourth-order valence-electron chi connectivity index (χ4n) is 1.97. The highest BCUT2D eigenvalue weighted by atomic mass is 16.3. The first kappa shape index (κ1) is 11.1. The van der Waals surface area contributed by atoms with E-state index in [1.807, 2.05) is 4.90 Å². The number of hydrogen-bond acceptors (Lipinski definition) is 4. The summed E-state index contributed by atoms with van der Waals surface area (Å²) in [6, 6.07) is 0.473. The second-order valence-electron chi connectivity index (χ2n) is 4.13. The van der Waals surface area contributed by atoms with Gasteiger partial charge in [0.2, 0.25) is 5.91 Å². The van der Waals surface area contributed by atoms with Gasteiger partial charge < -0.3 is 14.6 Å². The number of hydrogen-bond donors (Lipinski definition) is 1. The number of aromatic nitrogens is 1. The summed E-state index contributed by atoms with van der Waals surface area (Å²) < 4.78 is 5.15. The van der Waals surface area contributed by atoms with Crippen LogP contribution in [0.25, 0.3) is 0 Å². The Kier molecular flexibility index (Phi) is 3.56. The first-order chi connectivity index (χ1) is 7.75. The predicted octanol–water partition coefficient (Wildman–Crippen LogP) is 0.775. The first-order valence-corrected chi connectivity index (χ1v) is 5.62. The van der Waals surface area contributed by atoms with E-state index in [2.05, 4.69) is 10.3 Å². The Morgan fingerprint density at radius 3 is 2.94 bits per heavy atom.